The van der Waals surface area contributed by atoms with Crippen LogP contribution in [-0.2, 0) is 9.47 Å². The van der Waals surface area contributed by atoms with Crippen molar-refractivity contribution in [1.29, 1.82) is 0 Å². The van der Waals surface area contributed by atoms with Gasteiger partial charge in [0.1, 0.15) is 6.10 Å². The molecule has 0 spiro atoms. The van der Waals surface area contributed by atoms with Crippen LogP contribution in [0.3, 0.4) is 0 Å². The minimum Gasteiger partial charge on any atom is -0.379 e. The molecule has 1 unspecified atom stereocenters. The molecule has 0 amide bonds. The molecule has 0 N–H and O–H groups in total. The van der Waals surface area contributed by atoms with Gasteiger partial charge >= 0.3 is 0 Å². The van der Waals surface area contributed by atoms with E-state index in [0.717, 1.165) is 19.8 Å². The predicted octanol–water partition coefficient (Wildman–Crippen LogP) is 2.72. The van der Waals surface area contributed by atoms with Crippen molar-refractivity contribution in [3.63, 3.8) is 0 Å². The smallest absolute Gasteiger partial charge is 0.104 e. The molecule has 1 saturated heterocycles. The standard InChI is InChI=1S/C12H21O2/c1-2-5-11(6-3-1)7-4-8-13-9-12-10-14-12/h12H,1-10H2. The number of ether oxygens (including phenoxy) is 2. The maximum absolute atomic E-state index is 5.51. The molecule has 0 aromatic heterocycles. The fraction of sp³-hybridized carbons (Fsp3) is 0.917. The van der Waals surface area contributed by atoms with Gasteiger partial charge in [-0.15, -0.1) is 0 Å². The first kappa shape index (κ1) is 10.4. The van der Waals surface area contributed by atoms with Gasteiger partial charge in [0, 0.05) is 6.61 Å². The summed E-state index contributed by atoms with van der Waals surface area (Å²) in [6.45, 7) is 2.65. The average Bonchev–Trinajstić information content (AvgIpc) is 3.03. The molecule has 2 fully saturated rings. The first-order chi connectivity index (χ1) is 6.95. The normalized spacial score (nSPS) is 27.9. The Bertz CT molecular complexity index is 148. The molecule has 1 atom stereocenters. The van der Waals surface area contributed by atoms with Crippen molar-refractivity contribution in [2.75, 3.05) is 19.8 Å². The minimum atomic E-state index is 0.428. The Morgan fingerprint density at radius 3 is 2.71 bits per heavy atom. The third-order valence-electron chi connectivity index (χ3n) is 3.09. The molecule has 0 aromatic rings. The van der Waals surface area contributed by atoms with E-state index in [0.29, 0.717) is 6.10 Å². The van der Waals surface area contributed by atoms with E-state index < -0.39 is 0 Å². The zero-order valence-corrected chi connectivity index (χ0v) is 8.96. The summed E-state index contributed by atoms with van der Waals surface area (Å²) in [5, 5.41) is 0. The van der Waals surface area contributed by atoms with Crippen LogP contribution in [0.1, 0.15) is 44.9 Å². The Morgan fingerprint density at radius 1 is 1.21 bits per heavy atom. The van der Waals surface area contributed by atoms with Crippen LogP contribution in [0.25, 0.3) is 0 Å². The molecule has 0 aromatic carbocycles. The van der Waals surface area contributed by atoms with Gasteiger partial charge in [-0.3, -0.25) is 0 Å². The van der Waals surface area contributed by atoms with Crippen molar-refractivity contribution >= 4 is 0 Å². The second kappa shape index (κ2) is 5.72. The van der Waals surface area contributed by atoms with E-state index in [1.807, 2.05) is 0 Å². The van der Waals surface area contributed by atoms with Crippen LogP contribution < -0.4 is 0 Å². The Kier molecular flexibility index (Phi) is 4.26. The maximum Gasteiger partial charge on any atom is 0.104 e. The fourth-order valence-corrected chi connectivity index (χ4v) is 2.11. The third-order valence-corrected chi connectivity index (χ3v) is 3.09. The van der Waals surface area contributed by atoms with Crippen LogP contribution in [-0.4, -0.2) is 25.9 Å². The molecule has 81 valence electrons. The summed E-state index contributed by atoms with van der Waals surface area (Å²) >= 11 is 0. The highest BCUT2D eigenvalue weighted by Gasteiger charge is 2.22. The van der Waals surface area contributed by atoms with E-state index in [1.165, 1.54) is 44.9 Å². The van der Waals surface area contributed by atoms with Gasteiger partial charge in [0.05, 0.1) is 13.2 Å². The van der Waals surface area contributed by atoms with Gasteiger partial charge in [-0.25, -0.2) is 0 Å². The van der Waals surface area contributed by atoms with Crippen LogP contribution in [0.5, 0.6) is 0 Å². The summed E-state index contributed by atoms with van der Waals surface area (Å²) < 4.78 is 10.6. The highest BCUT2D eigenvalue weighted by atomic mass is 16.6. The van der Waals surface area contributed by atoms with Gasteiger partial charge in [0.25, 0.3) is 0 Å². The average molecular weight is 197 g/mol. The summed E-state index contributed by atoms with van der Waals surface area (Å²) in [6, 6.07) is 0. The highest BCUT2D eigenvalue weighted by Crippen LogP contribution is 2.29. The lowest BCUT2D eigenvalue weighted by molar-refractivity contribution is 0.113. The van der Waals surface area contributed by atoms with E-state index in [1.54, 1.807) is 5.92 Å². The topological polar surface area (TPSA) is 21.8 Å². The third kappa shape index (κ3) is 3.97. The van der Waals surface area contributed by atoms with Crippen LogP contribution in [0.2, 0.25) is 0 Å². The maximum atomic E-state index is 5.51. The van der Waals surface area contributed by atoms with Gasteiger partial charge in [0.2, 0.25) is 0 Å². The molecule has 1 radical (unpaired) electrons. The van der Waals surface area contributed by atoms with Gasteiger partial charge in [-0.05, 0) is 31.6 Å². The fourth-order valence-electron chi connectivity index (χ4n) is 2.11. The molecule has 14 heavy (non-hydrogen) atoms. The summed E-state index contributed by atoms with van der Waals surface area (Å²) in [7, 11) is 0. The van der Waals surface area contributed by atoms with E-state index in [2.05, 4.69) is 0 Å². The van der Waals surface area contributed by atoms with E-state index in [9.17, 15) is 0 Å². The molecule has 2 nitrogen and oxygen atoms in total. The molecule has 2 aliphatic rings. The molecule has 1 aliphatic heterocycles. The van der Waals surface area contributed by atoms with Gasteiger partial charge in [0.15, 0.2) is 0 Å². The quantitative estimate of drug-likeness (QED) is 0.482. The molecule has 1 saturated carbocycles. The monoisotopic (exact) mass is 197 g/mol. The summed E-state index contributed by atoms with van der Waals surface area (Å²) in [5.74, 6) is 1.78. The van der Waals surface area contributed by atoms with Crippen molar-refractivity contribution in [1.82, 2.24) is 0 Å². The molecule has 1 aliphatic carbocycles. The minimum absolute atomic E-state index is 0.428. The van der Waals surface area contributed by atoms with Gasteiger partial charge in [-0.2, -0.15) is 0 Å². The Balaban J connectivity index is 1.41. The zero-order valence-electron chi connectivity index (χ0n) is 8.96. The van der Waals surface area contributed by atoms with Crippen LogP contribution in [0.15, 0.2) is 0 Å². The summed E-state index contributed by atoms with van der Waals surface area (Å²) in [4.78, 5) is 0. The van der Waals surface area contributed by atoms with Gasteiger partial charge < -0.3 is 9.47 Å². The lowest BCUT2D eigenvalue weighted by Gasteiger charge is -2.20. The lowest BCUT2D eigenvalue weighted by atomic mass is 9.86. The molecular weight excluding hydrogens is 176 g/mol. The van der Waals surface area contributed by atoms with Crippen molar-refractivity contribution in [2.45, 2.75) is 51.0 Å². The summed E-state index contributed by atoms with van der Waals surface area (Å²) in [5.41, 5.74) is 0. The second-order valence-corrected chi connectivity index (χ2v) is 4.44. The van der Waals surface area contributed by atoms with Crippen molar-refractivity contribution in [3.05, 3.63) is 5.92 Å². The SMILES string of the molecule is C1CC[C](CCCOCC2CO2)CC1. The Labute approximate surface area is 87.0 Å². The molecular formula is C12H21O2. The lowest BCUT2D eigenvalue weighted by Crippen LogP contribution is -2.07. The number of hydrogen-bond acceptors (Lipinski definition) is 2. The number of epoxide rings is 1. The van der Waals surface area contributed by atoms with E-state index in [-0.39, 0.29) is 0 Å². The Hall–Kier alpha value is -0.0800. The Morgan fingerprint density at radius 2 is 2.00 bits per heavy atom. The molecule has 0 bridgehead atoms. The molecule has 2 rings (SSSR count). The van der Waals surface area contributed by atoms with Crippen LogP contribution >= 0.6 is 0 Å². The first-order valence-electron chi connectivity index (χ1n) is 5.98. The number of hydrogen-bond donors (Lipinski definition) is 0. The largest absolute Gasteiger partial charge is 0.379 e. The van der Waals surface area contributed by atoms with Crippen molar-refractivity contribution in [2.24, 2.45) is 0 Å². The van der Waals surface area contributed by atoms with Crippen LogP contribution in [0.4, 0.5) is 0 Å². The molecule has 1 heterocycles. The van der Waals surface area contributed by atoms with E-state index >= 15 is 0 Å². The summed E-state index contributed by atoms with van der Waals surface area (Å²) in [6.07, 6.45) is 9.99. The highest BCUT2D eigenvalue weighted by molar-refractivity contribution is 4.91. The second-order valence-electron chi connectivity index (χ2n) is 4.44. The first-order valence-corrected chi connectivity index (χ1v) is 5.98. The van der Waals surface area contributed by atoms with Crippen molar-refractivity contribution in [3.8, 4) is 0 Å². The molecule has 2 heteroatoms. The zero-order chi connectivity index (χ0) is 9.64. The van der Waals surface area contributed by atoms with E-state index in [4.69, 9.17) is 9.47 Å². The predicted molar refractivity (Wildman–Crippen MR) is 56.1 cm³/mol. The van der Waals surface area contributed by atoms with Crippen LogP contribution in [0, 0.1) is 5.92 Å². The van der Waals surface area contributed by atoms with Gasteiger partial charge in [-0.1, -0.05) is 19.3 Å². The van der Waals surface area contributed by atoms with Crippen molar-refractivity contribution < 1.29 is 9.47 Å². The number of rotatable bonds is 6.